The fraction of sp³-hybridized carbons (Fsp3) is 0.947. The Bertz CT molecular complexity index is 226. The van der Waals surface area contributed by atoms with E-state index in [-0.39, 0.29) is 11.9 Å². The van der Waals surface area contributed by atoms with Crippen LogP contribution in [0.5, 0.6) is 0 Å². The van der Waals surface area contributed by atoms with Crippen molar-refractivity contribution in [2.75, 3.05) is 6.61 Å². The second kappa shape index (κ2) is 15.9. The van der Waals surface area contributed by atoms with Crippen molar-refractivity contribution >= 4 is 5.97 Å². The summed E-state index contributed by atoms with van der Waals surface area (Å²) in [6.45, 7) is 7.18. The molecule has 0 bridgehead atoms. The summed E-state index contributed by atoms with van der Waals surface area (Å²) < 4.78 is 5.44. The quantitative estimate of drug-likeness (QED) is 0.263. The first-order valence-electron chi connectivity index (χ1n) is 9.42. The lowest BCUT2D eigenvalue weighted by Gasteiger charge is -2.14. The second-order valence-corrected chi connectivity index (χ2v) is 6.24. The number of hydrogen-bond acceptors (Lipinski definition) is 2. The Hall–Kier alpha value is -0.530. The molecule has 21 heavy (non-hydrogen) atoms. The average molecular weight is 299 g/mol. The Balaban J connectivity index is 3.52. The van der Waals surface area contributed by atoms with Crippen LogP contribution in [-0.4, -0.2) is 12.6 Å². The zero-order valence-corrected chi connectivity index (χ0v) is 14.8. The lowest BCUT2D eigenvalue weighted by atomic mass is 9.98. The van der Waals surface area contributed by atoms with Crippen LogP contribution in [0.3, 0.4) is 0 Å². The van der Waals surface area contributed by atoms with Gasteiger partial charge in [-0.25, -0.2) is 0 Å². The highest BCUT2D eigenvalue weighted by molar-refractivity contribution is 5.72. The van der Waals surface area contributed by atoms with Crippen LogP contribution in [0.2, 0.25) is 0 Å². The molecule has 0 fully saturated rings. The normalized spacial score (nSPS) is 12.3. The SMILES string of the molecule is CCCCCCCCCOC(=O)C(CC)CCCCCC. The van der Waals surface area contributed by atoms with E-state index in [0.29, 0.717) is 6.61 Å². The van der Waals surface area contributed by atoms with E-state index in [4.69, 9.17) is 4.74 Å². The molecule has 0 aliphatic heterocycles. The van der Waals surface area contributed by atoms with Gasteiger partial charge in [-0.2, -0.15) is 0 Å². The third-order valence-electron chi connectivity index (χ3n) is 4.22. The van der Waals surface area contributed by atoms with E-state index in [1.807, 2.05) is 0 Å². The topological polar surface area (TPSA) is 26.3 Å². The molecule has 0 saturated carbocycles. The summed E-state index contributed by atoms with van der Waals surface area (Å²) >= 11 is 0. The molecule has 0 aromatic heterocycles. The highest BCUT2D eigenvalue weighted by Crippen LogP contribution is 2.16. The number of carbonyl (C=O) groups is 1. The van der Waals surface area contributed by atoms with Gasteiger partial charge in [0.25, 0.3) is 0 Å². The maximum absolute atomic E-state index is 12.0. The van der Waals surface area contributed by atoms with Crippen molar-refractivity contribution in [2.45, 2.75) is 104 Å². The van der Waals surface area contributed by atoms with E-state index >= 15 is 0 Å². The van der Waals surface area contributed by atoms with Crippen molar-refractivity contribution in [3.63, 3.8) is 0 Å². The molecule has 1 unspecified atom stereocenters. The van der Waals surface area contributed by atoms with Gasteiger partial charge in [-0.1, -0.05) is 85.0 Å². The fourth-order valence-electron chi connectivity index (χ4n) is 2.66. The smallest absolute Gasteiger partial charge is 0.308 e. The maximum atomic E-state index is 12.0. The summed E-state index contributed by atoms with van der Waals surface area (Å²) in [6.07, 6.45) is 15.7. The molecule has 0 heterocycles. The van der Waals surface area contributed by atoms with Crippen LogP contribution < -0.4 is 0 Å². The van der Waals surface area contributed by atoms with Crippen LogP contribution in [-0.2, 0) is 9.53 Å². The third-order valence-corrected chi connectivity index (χ3v) is 4.22. The van der Waals surface area contributed by atoms with Crippen LogP contribution >= 0.6 is 0 Å². The van der Waals surface area contributed by atoms with Gasteiger partial charge in [-0.3, -0.25) is 4.79 Å². The number of unbranched alkanes of at least 4 members (excludes halogenated alkanes) is 9. The van der Waals surface area contributed by atoms with Crippen LogP contribution in [0.1, 0.15) is 104 Å². The number of ether oxygens (including phenoxy) is 1. The van der Waals surface area contributed by atoms with E-state index in [1.165, 1.54) is 64.2 Å². The van der Waals surface area contributed by atoms with E-state index in [9.17, 15) is 4.79 Å². The minimum Gasteiger partial charge on any atom is -0.465 e. The van der Waals surface area contributed by atoms with Gasteiger partial charge < -0.3 is 4.74 Å². The van der Waals surface area contributed by atoms with Crippen molar-refractivity contribution in [3.8, 4) is 0 Å². The lowest BCUT2D eigenvalue weighted by Crippen LogP contribution is -2.17. The van der Waals surface area contributed by atoms with Gasteiger partial charge in [0.2, 0.25) is 0 Å². The number of hydrogen-bond donors (Lipinski definition) is 0. The van der Waals surface area contributed by atoms with Crippen LogP contribution in [0.4, 0.5) is 0 Å². The number of carbonyl (C=O) groups excluding carboxylic acids is 1. The van der Waals surface area contributed by atoms with Crippen molar-refractivity contribution in [3.05, 3.63) is 0 Å². The zero-order chi connectivity index (χ0) is 15.8. The molecule has 126 valence electrons. The number of esters is 1. The van der Waals surface area contributed by atoms with Crippen molar-refractivity contribution in [2.24, 2.45) is 5.92 Å². The Morgan fingerprint density at radius 3 is 1.86 bits per heavy atom. The first kappa shape index (κ1) is 20.5. The summed E-state index contributed by atoms with van der Waals surface area (Å²) in [7, 11) is 0. The second-order valence-electron chi connectivity index (χ2n) is 6.24. The largest absolute Gasteiger partial charge is 0.465 e. The van der Waals surface area contributed by atoms with Gasteiger partial charge in [0, 0.05) is 0 Å². The van der Waals surface area contributed by atoms with Crippen molar-refractivity contribution in [1.29, 1.82) is 0 Å². The molecular formula is C19H38O2. The highest BCUT2D eigenvalue weighted by Gasteiger charge is 2.17. The Morgan fingerprint density at radius 1 is 0.762 bits per heavy atom. The zero-order valence-electron chi connectivity index (χ0n) is 14.8. The van der Waals surface area contributed by atoms with Gasteiger partial charge in [0.05, 0.1) is 12.5 Å². The lowest BCUT2D eigenvalue weighted by molar-refractivity contribution is -0.149. The van der Waals surface area contributed by atoms with Gasteiger partial charge in [0.1, 0.15) is 0 Å². The van der Waals surface area contributed by atoms with Crippen LogP contribution in [0.25, 0.3) is 0 Å². The predicted molar refractivity (Wildman–Crippen MR) is 91.5 cm³/mol. The molecule has 2 heteroatoms. The molecule has 2 nitrogen and oxygen atoms in total. The van der Waals surface area contributed by atoms with E-state index in [2.05, 4.69) is 20.8 Å². The minimum atomic E-state index is 0.0416. The van der Waals surface area contributed by atoms with Crippen molar-refractivity contribution in [1.82, 2.24) is 0 Å². The highest BCUT2D eigenvalue weighted by atomic mass is 16.5. The molecule has 1 atom stereocenters. The minimum absolute atomic E-state index is 0.0416. The molecule has 0 aliphatic carbocycles. The summed E-state index contributed by atoms with van der Waals surface area (Å²) in [5, 5.41) is 0. The standard InChI is InChI=1S/C19H38O2/c1-4-7-9-11-12-13-15-17-21-19(20)18(6-3)16-14-10-8-5-2/h18H,4-17H2,1-3H3. The Kier molecular flexibility index (Phi) is 15.5. The average Bonchev–Trinajstić information content (AvgIpc) is 2.50. The molecule has 0 rings (SSSR count). The van der Waals surface area contributed by atoms with E-state index in [1.54, 1.807) is 0 Å². The molecule has 0 aromatic carbocycles. The molecule has 0 aliphatic rings. The van der Waals surface area contributed by atoms with Crippen molar-refractivity contribution < 1.29 is 9.53 Å². The Morgan fingerprint density at radius 2 is 1.29 bits per heavy atom. The molecule has 0 radical (unpaired) electrons. The van der Waals surface area contributed by atoms with Crippen LogP contribution in [0, 0.1) is 5.92 Å². The van der Waals surface area contributed by atoms with E-state index < -0.39 is 0 Å². The van der Waals surface area contributed by atoms with Gasteiger partial charge in [-0.15, -0.1) is 0 Å². The molecule has 0 saturated heterocycles. The molecular weight excluding hydrogens is 260 g/mol. The van der Waals surface area contributed by atoms with Gasteiger partial charge in [0.15, 0.2) is 0 Å². The molecule has 0 spiro atoms. The molecule has 0 aromatic rings. The fourth-order valence-corrected chi connectivity index (χ4v) is 2.66. The Labute approximate surface area is 133 Å². The van der Waals surface area contributed by atoms with Gasteiger partial charge >= 0.3 is 5.97 Å². The molecule has 0 N–H and O–H groups in total. The maximum Gasteiger partial charge on any atom is 0.308 e. The molecule has 0 amide bonds. The van der Waals surface area contributed by atoms with Gasteiger partial charge in [-0.05, 0) is 19.3 Å². The summed E-state index contributed by atoms with van der Waals surface area (Å²) in [5.41, 5.74) is 0. The summed E-state index contributed by atoms with van der Waals surface area (Å²) in [4.78, 5) is 12.0. The summed E-state index contributed by atoms with van der Waals surface area (Å²) in [5.74, 6) is 0.173. The first-order valence-corrected chi connectivity index (χ1v) is 9.42. The van der Waals surface area contributed by atoms with Crippen LogP contribution in [0.15, 0.2) is 0 Å². The number of rotatable bonds is 15. The third kappa shape index (κ3) is 12.9. The summed E-state index contributed by atoms with van der Waals surface area (Å²) in [6, 6.07) is 0. The predicted octanol–water partition coefficient (Wildman–Crippen LogP) is 6.28. The van der Waals surface area contributed by atoms with E-state index in [0.717, 1.165) is 19.3 Å². The first-order chi connectivity index (χ1) is 10.3. The monoisotopic (exact) mass is 298 g/mol.